The number of carboxylic acid groups (broad SMARTS) is 1. The Hall–Kier alpha value is -1.10. The molecule has 1 N–H and O–H groups in total. The number of nitrogens with zero attached hydrogens (tertiary/aromatic N) is 1. The zero-order valence-electron chi connectivity index (χ0n) is 10.1. The Morgan fingerprint density at radius 1 is 1.41 bits per heavy atom. The molecule has 17 heavy (non-hydrogen) atoms. The molecule has 1 heterocycles. The van der Waals surface area contributed by atoms with Crippen LogP contribution in [0.5, 0.6) is 0 Å². The van der Waals surface area contributed by atoms with E-state index in [0.717, 1.165) is 6.42 Å². The van der Waals surface area contributed by atoms with E-state index in [9.17, 15) is 9.59 Å². The topological polar surface area (TPSA) is 66.8 Å². The number of aliphatic carboxylic acids is 1. The van der Waals surface area contributed by atoms with Gasteiger partial charge in [-0.15, -0.1) is 0 Å². The zero-order valence-corrected chi connectivity index (χ0v) is 10.1. The molecule has 0 aromatic carbocycles. The number of likely N-dealkylation sites (tertiary alicyclic amines) is 1. The highest BCUT2D eigenvalue weighted by molar-refractivity contribution is 5.86. The summed E-state index contributed by atoms with van der Waals surface area (Å²) in [5.41, 5.74) is 0. The lowest BCUT2D eigenvalue weighted by molar-refractivity contribution is -0.153. The summed E-state index contributed by atoms with van der Waals surface area (Å²) >= 11 is 0. The van der Waals surface area contributed by atoms with Gasteiger partial charge in [0.1, 0.15) is 12.1 Å². The predicted molar refractivity (Wildman–Crippen MR) is 60.5 cm³/mol. The van der Waals surface area contributed by atoms with Crippen LogP contribution in [0.2, 0.25) is 0 Å². The second-order valence-corrected chi connectivity index (χ2v) is 4.95. The fourth-order valence-corrected chi connectivity index (χ4v) is 2.16. The molecule has 0 bridgehead atoms. The Balaban J connectivity index is 1.86. The van der Waals surface area contributed by atoms with E-state index >= 15 is 0 Å². The summed E-state index contributed by atoms with van der Waals surface area (Å²) in [5, 5.41) is 9.01. The third kappa shape index (κ3) is 2.97. The van der Waals surface area contributed by atoms with Gasteiger partial charge in [-0.3, -0.25) is 4.79 Å². The van der Waals surface area contributed by atoms with Crippen molar-refractivity contribution in [2.24, 2.45) is 5.92 Å². The van der Waals surface area contributed by atoms with Gasteiger partial charge in [0, 0.05) is 6.54 Å². The monoisotopic (exact) mass is 241 g/mol. The number of hydrogen-bond acceptors (Lipinski definition) is 3. The number of ether oxygens (including phenoxy) is 1. The maximum atomic E-state index is 12.0. The lowest BCUT2D eigenvalue weighted by atomic mass is 10.2. The number of rotatable bonds is 5. The Kier molecular flexibility index (Phi) is 3.66. The summed E-state index contributed by atoms with van der Waals surface area (Å²) in [4.78, 5) is 24.5. The molecule has 5 heteroatoms. The molecule has 5 nitrogen and oxygen atoms in total. The summed E-state index contributed by atoms with van der Waals surface area (Å²) in [6.07, 6.45) is 3.16. The third-order valence-corrected chi connectivity index (χ3v) is 3.45. The van der Waals surface area contributed by atoms with E-state index in [4.69, 9.17) is 9.84 Å². The quantitative estimate of drug-likeness (QED) is 0.775. The minimum atomic E-state index is -0.912. The summed E-state index contributed by atoms with van der Waals surface area (Å²) < 4.78 is 5.48. The maximum absolute atomic E-state index is 12.0. The van der Waals surface area contributed by atoms with Crippen LogP contribution in [0.4, 0.5) is 0 Å². The summed E-state index contributed by atoms with van der Waals surface area (Å²) in [5.74, 6) is -0.486. The smallest absolute Gasteiger partial charge is 0.326 e. The second kappa shape index (κ2) is 5.04. The van der Waals surface area contributed by atoms with Crippen LogP contribution in [-0.4, -0.2) is 47.2 Å². The van der Waals surface area contributed by atoms with Crippen molar-refractivity contribution in [1.29, 1.82) is 0 Å². The van der Waals surface area contributed by atoms with E-state index in [0.29, 0.717) is 25.5 Å². The molecule has 1 aliphatic heterocycles. The molecular weight excluding hydrogens is 222 g/mol. The predicted octanol–water partition coefficient (Wildman–Crippen LogP) is 0.877. The first kappa shape index (κ1) is 12.4. The SMILES string of the molecule is CC(OCC1CC1)C(=O)N1CCC[C@@H]1C(=O)O. The lowest BCUT2D eigenvalue weighted by Gasteiger charge is -2.24. The van der Waals surface area contributed by atoms with E-state index in [-0.39, 0.29) is 5.91 Å². The largest absolute Gasteiger partial charge is 0.480 e. The molecule has 1 unspecified atom stereocenters. The fraction of sp³-hybridized carbons (Fsp3) is 0.833. The normalized spacial score (nSPS) is 25.9. The van der Waals surface area contributed by atoms with E-state index in [2.05, 4.69) is 0 Å². The van der Waals surface area contributed by atoms with Gasteiger partial charge in [-0.1, -0.05) is 0 Å². The van der Waals surface area contributed by atoms with Crippen LogP contribution in [0.3, 0.4) is 0 Å². The van der Waals surface area contributed by atoms with Gasteiger partial charge in [0.15, 0.2) is 0 Å². The number of carbonyl (C=O) groups is 2. The molecule has 1 aliphatic carbocycles. The Labute approximate surface area is 101 Å². The first-order chi connectivity index (χ1) is 8.09. The van der Waals surface area contributed by atoms with Crippen molar-refractivity contribution in [2.45, 2.75) is 44.8 Å². The first-order valence-corrected chi connectivity index (χ1v) is 6.24. The van der Waals surface area contributed by atoms with Crippen molar-refractivity contribution >= 4 is 11.9 Å². The minimum absolute atomic E-state index is 0.185. The summed E-state index contributed by atoms with van der Waals surface area (Å²) in [6.45, 7) is 2.87. The number of hydrogen-bond donors (Lipinski definition) is 1. The highest BCUT2D eigenvalue weighted by Gasteiger charge is 2.36. The van der Waals surface area contributed by atoms with Gasteiger partial charge in [-0.2, -0.15) is 0 Å². The molecule has 96 valence electrons. The van der Waals surface area contributed by atoms with Crippen LogP contribution in [0, 0.1) is 5.92 Å². The third-order valence-electron chi connectivity index (χ3n) is 3.45. The molecule has 0 aromatic heterocycles. The van der Waals surface area contributed by atoms with Crippen molar-refractivity contribution in [3.8, 4) is 0 Å². The molecule has 0 radical (unpaired) electrons. The molecule has 2 aliphatic rings. The molecule has 0 spiro atoms. The van der Waals surface area contributed by atoms with Crippen LogP contribution < -0.4 is 0 Å². The number of amides is 1. The Bertz CT molecular complexity index is 314. The van der Waals surface area contributed by atoms with Crippen LogP contribution in [0.25, 0.3) is 0 Å². The van der Waals surface area contributed by atoms with Crippen molar-refractivity contribution in [3.05, 3.63) is 0 Å². The van der Waals surface area contributed by atoms with Crippen molar-refractivity contribution in [3.63, 3.8) is 0 Å². The van der Waals surface area contributed by atoms with Crippen LogP contribution >= 0.6 is 0 Å². The van der Waals surface area contributed by atoms with Crippen molar-refractivity contribution in [1.82, 2.24) is 4.90 Å². The highest BCUT2D eigenvalue weighted by atomic mass is 16.5. The van der Waals surface area contributed by atoms with Gasteiger partial charge in [-0.05, 0) is 38.5 Å². The lowest BCUT2D eigenvalue weighted by Crippen LogP contribution is -2.45. The highest BCUT2D eigenvalue weighted by Crippen LogP contribution is 2.29. The van der Waals surface area contributed by atoms with Gasteiger partial charge in [0.25, 0.3) is 5.91 Å². The van der Waals surface area contributed by atoms with E-state index in [1.54, 1.807) is 6.92 Å². The summed E-state index contributed by atoms with van der Waals surface area (Å²) in [7, 11) is 0. The standard InChI is InChI=1S/C12H19NO4/c1-8(17-7-9-4-5-9)11(14)13-6-2-3-10(13)12(15)16/h8-10H,2-7H2,1H3,(H,15,16)/t8?,10-/m1/s1. The van der Waals surface area contributed by atoms with Crippen LogP contribution in [0.15, 0.2) is 0 Å². The zero-order chi connectivity index (χ0) is 12.4. The number of carbonyl (C=O) groups excluding carboxylic acids is 1. The van der Waals surface area contributed by atoms with Crippen molar-refractivity contribution < 1.29 is 19.4 Å². The molecule has 2 atom stereocenters. The molecule has 2 fully saturated rings. The fourth-order valence-electron chi connectivity index (χ4n) is 2.16. The van der Waals surface area contributed by atoms with E-state index < -0.39 is 18.1 Å². The minimum Gasteiger partial charge on any atom is -0.480 e. The van der Waals surface area contributed by atoms with Crippen molar-refractivity contribution in [2.75, 3.05) is 13.2 Å². The molecule has 1 saturated heterocycles. The first-order valence-electron chi connectivity index (χ1n) is 6.24. The van der Waals surface area contributed by atoms with Gasteiger partial charge in [0.05, 0.1) is 6.61 Å². The van der Waals surface area contributed by atoms with Gasteiger partial charge < -0.3 is 14.7 Å². The Morgan fingerprint density at radius 2 is 2.12 bits per heavy atom. The number of carboxylic acids is 1. The average Bonchev–Trinajstić information content (AvgIpc) is 2.99. The molecule has 1 amide bonds. The van der Waals surface area contributed by atoms with Gasteiger partial charge in [0.2, 0.25) is 0 Å². The molecule has 0 aromatic rings. The molecule has 1 saturated carbocycles. The summed E-state index contributed by atoms with van der Waals surface area (Å²) in [6, 6.07) is -0.658. The van der Waals surface area contributed by atoms with E-state index in [1.165, 1.54) is 17.7 Å². The van der Waals surface area contributed by atoms with E-state index in [1.807, 2.05) is 0 Å². The Morgan fingerprint density at radius 3 is 2.71 bits per heavy atom. The van der Waals surface area contributed by atoms with Gasteiger partial charge in [-0.25, -0.2) is 4.79 Å². The van der Waals surface area contributed by atoms with Gasteiger partial charge >= 0.3 is 5.97 Å². The molecule has 2 rings (SSSR count). The maximum Gasteiger partial charge on any atom is 0.326 e. The molecular formula is C12H19NO4. The average molecular weight is 241 g/mol. The van der Waals surface area contributed by atoms with Crippen LogP contribution in [-0.2, 0) is 14.3 Å². The van der Waals surface area contributed by atoms with Crippen LogP contribution in [0.1, 0.15) is 32.6 Å². The second-order valence-electron chi connectivity index (χ2n) is 4.95.